The molecule has 1 heterocycles. The highest BCUT2D eigenvalue weighted by Gasteiger charge is 2.39. The molecule has 0 bridgehead atoms. The van der Waals surface area contributed by atoms with Crippen molar-refractivity contribution in [1.82, 2.24) is 10.2 Å². The van der Waals surface area contributed by atoms with Gasteiger partial charge in [-0.1, -0.05) is 54.6 Å². The van der Waals surface area contributed by atoms with Gasteiger partial charge in [0.05, 0.1) is 12.3 Å². The summed E-state index contributed by atoms with van der Waals surface area (Å²) in [5.41, 5.74) is 8.41. The van der Waals surface area contributed by atoms with Gasteiger partial charge >= 0.3 is 5.97 Å². The second kappa shape index (κ2) is 12.7. The van der Waals surface area contributed by atoms with E-state index in [9.17, 15) is 19.5 Å². The molecular formula is C27H34N4O4. The first-order chi connectivity index (χ1) is 16.8. The summed E-state index contributed by atoms with van der Waals surface area (Å²) in [5.74, 6) is -1.70. The number of aliphatic carboxylic acids is 1. The van der Waals surface area contributed by atoms with Gasteiger partial charge in [0.15, 0.2) is 0 Å². The average molecular weight is 479 g/mol. The number of carbonyl (C=O) groups excluding carboxylic acids is 2. The van der Waals surface area contributed by atoms with E-state index in [0.717, 1.165) is 24.8 Å². The van der Waals surface area contributed by atoms with Crippen molar-refractivity contribution in [2.45, 2.75) is 51.0 Å². The number of amidine groups is 1. The summed E-state index contributed by atoms with van der Waals surface area (Å²) >= 11 is 0. The Labute approximate surface area is 206 Å². The van der Waals surface area contributed by atoms with E-state index in [1.54, 1.807) is 17.0 Å². The minimum absolute atomic E-state index is 0.0287. The Kier molecular flexibility index (Phi) is 9.40. The minimum atomic E-state index is -0.978. The predicted octanol–water partition coefficient (Wildman–Crippen LogP) is 2.73. The second-order valence-electron chi connectivity index (χ2n) is 9.07. The molecule has 0 aliphatic carbocycles. The molecule has 1 fully saturated rings. The first-order valence-corrected chi connectivity index (χ1v) is 12.1. The van der Waals surface area contributed by atoms with Gasteiger partial charge < -0.3 is 21.1 Å². The molecule has 0 unspecified atom stereocenters. The number of carboxylic acid groups (broad SMARTS) is 1. The Hall–Kier alpha value is -3.68. The zero-order chi connectivity index (χ0) is 25.2. The lowest BCUT2D eigenvalue weighted by Crippen LogP contribution is -2.42. The van der Waals surface area contributed by atoms with Gasteiger partial charge in [-0.2, -0.15) is 0 Å². The second-order valence-corrected chi connectivity index (χ2v) is 9.07. The topological polar surface area (TPSA) is 137 Å². The number of carboxylic acids is 1. The molecule has 35 heavy (non-hydrogen) atoms. The van der Waals surface area contributed by atoms with Crippen molar-refractivity contribution in [2.24, 2.45) is 11.7 Å². The summed E-state index contributed by atoms with van der Waals surface area (Å²) in [6, 6.07) is 17.3. The van der Waals surface area contributed by atoms with Crippen LogP contribution in [0.1, 0.15) is 48.8 Å². The summed E-state index contributed by atoms with van der Waals surface area (Å²) in [4.78, 5) is 38.3. The maximum atomic E-state index is 12.9. The molecule has 2 amide bonds. The van der Waals surface area contributed by atoms with E-state index in [2.05, 4.69) is 17.4 Å². The van der Waals surface area contributed by atoms with Crippen LogP contribution in [0.25, 0.3) is 0 Å². The molecule has 1 aliphatic rings. The zero-order valence-corrected chi connectivity index (χ0v) is 19.9. The van der Waals surface area contributed by atoms with Crippen LogP contribution in [0.2, 0.25) is 0 Å². The number of nitrogen functional groups attached to an aromatic ring is 1. The van der Waals surface area contributed by atoms with Gasteiger partial charge in [-0.25, -0.2) is 0 Å². The van der Waals surface area contributed by atoms with Crippen LogP contribution in [0.3, 0.4) is 0 Å². The molecule has 0 spiro atoms. The molecule has 2 aromatic carbocycles. The first kappa shape index (κ1) is 25.9. The normalized spacial score (nSPS) is 17.4. The minimum Gasteiger partial charge on any atom is -0.481 e. The fourth-order valence-electron chi connectivity index (χ4n) is 4.56. The maximum absolute atomic E-state index is 12.9. The molecule has 8 heteroatoms. The van der Waals surface area contributed by atoms with Gasteiger partial charge in [-0.15, -0.1) is 0 Å². The van der Waals surface area contributed by atoms with Gasteiger partial charge in [0.25, 0.3) is 0 Å². The van der Waals surface area contributed by atoms with Gasteiger partial charge in [0, 0.05) is 31.1 Å². The van der Waals surface area contributed by atoms with Crippen molar-refractivity contribution in [1.29, 1.82) is 5.41 Å². The molecule has 2 aromatic rings. The van der Waals surface area contributed by atoms with Crippen LogP contribution in [-0.2, 0) is 27.2 Å². The molecule has 186 valence electrons. The van der Waals surface area contributed by atoms with E-state index in [4.69, 9.17) is 11.1 Å². The number of hydrogen-bond donors (Lipinski definition) is 4. The number of likely N-dealkylation sites (tertiary alicyclic amines) is 1. The monoisotopic (exact) mass is 478 g/mol. The van der Waals surface area contributed by atoms with Crippen LogP contribution in [0, 0.1) is 11.3 Å². The SMILES string of the molecule is N=C(N)c1ccc(CCCC(=O)NC[C@@H]2C[C@@H](CC(=O)O)C(=O)N2CCCc2ccccc2)cc1. The largest absolute Gasteiger partial charge is 0.481 e. The number of nitrogens with zero attached hydrogens (tertiary/aromatic N) is 1. The number of aryl methyl sites for hydroxylation is 2. The predicted molar refractivity (Wildman–Crippen MR) is 134 cm³/mol. The van der Waals surface area contributed by atoms with Crippen LogP contribution in [0.4, 0.5) is 0 Å². The lowest BCUT2D eigenvalue weighted by atomic mass is 10.0. The molecule has 0 aromatic heterocycles. The van der Waals surface area contributed by atoms with Crippen LogP contribution < -0.4 is 11.1 Å². The highest BCUT2D eigenvalue weighted by Crippen LogP contribution is 2.27. The van der Waals surface area contributed by atoms with Crippen molar-refractivity contribution >= 4 is 23.6 Å². The molecule has 1 aliphatic heterocycles. The third-order valence-electron chi connectivity index (χ3n) is 6.43. The molecule has 8 nitrogen and oxygen atoms in total. The van der Waals surface area contributed by atoms with E-state index in [-0.39, 0.29) is 30.1 Å². The molecule has 0 saturated carbocycles. The number of hydrogen-bond acceptors (Lipinski definition) is 4. The Balaban J connectivity index is 1.47. The zero-order valence-electron chi connectivity index (χ0n) is 19.9. The van der Waals surface area contributed by atoms with Gasteiger partial charge in [-0.05, 0) is 43.2 Å². The molecule has 2 atom stereocenters. The van der Waals surface area contributed by atoms with Crippen molar-refractivity contribution < 1.29 is 19.5 Å². The quantitative estimate of drug-likeness (QED) is 0.259. The fraction of sp³-hybridized carbons (Fsp3) is 0.407. The molecule has 1 saturated heterocycles. The lowest BCUT2D eigenvalue weighted by Gasteiger charge is -2.25. The number of carbonyl (C=O) groups is 3. The lowest BCUT2D eigenvalue weighted by molar-refractivity contribution is -0.142. The van der Waals surface area contributed by atoms with Crippen molar-refractivity contribution in [3.63, 3.8) is 0 Å². The molecule has 5 N–H and O–H groups in total. The summed E-state index contributed by atoms with van der Waals surface area (Å²) in [7, 11) is 0. The average Bonchev–Trinajstić information content (AvgIpc) is 3.12. The highest BCUT2D eigenvalue weighted by atomic mass is 16.4. The fourth-order valence-corrected chi connectivity index (χ4v) is 4.56. The smallest absolute Gasteiger partial charge is 0.304 e. The van der Waals surface area contributed by atoms with Crippen molar-refractivity contribution in [3.8, 4) is 0 Å². The summed E-state index contributed by atoms with van der Waals surface area (Å²) in [5, 5.41) is 19.6. The maximum Gasteiger partial charge on any atom is 0.304 e. The van der Waals surface area contributed by atoms with E-state index < -0.39 is 11.9 Å². The Morgan fingerprint density at radius 3 is 2.34 bits per heavy atom. The third-order valence-corrected chi connectivity index (χ3v) is 6.43. The Bertz CT molecular complexity index is 1020. The van der Waals surface area contributed by atoms with Gasteiger partial charge in [0.2, 0.25) is 11.8 Å². The summed E-state index contributed by atoms with van der Waals surface area (Å²) in [6.45, 7) is 0.875. The van der Waals surface area contributed by atoms with Gasteiger partial charge in [0.1, 0.15) is 5.84 Å². The van der Waals surface area contributed by atoms with Crippen LogP contribution in [-0.4, -0.2) is 52.8 Å². The van der Waals surface area contributed by atoms with Gasteiger partial charge in [-0.3, -0.25) is 19.8 Å². The Morgan fingerprint density at radius 1 is 1.03 bits per heavy atom. The van der Waals surface area contributed by atoms with E-state index >= 15 is 0 Å². The number of nitrogens with two attached hydrogens (primary N) is 1. The third kappa shape index (κ3) is 7.95. The standard InChI is InChI=1S/C27H34N4O4/c28-26(29)21-13-11-20(12-14-21)8-4-10-24(32)30-18-23-16-22(17-25(33)34)27(35)31(23)15-5-9-19-6-2-1-3-7-19/h1-3,6-7,11-14,22-23H,4-5,8-10,15-18H2,(H3,28,29)(H,30,32)(H,33,34)/t22-,23-/m0/s1. The molecular weight excluding hydrogens is 444 g/mol. The van der Waals surface area contributed by atoms with Crippen molar-refractivity contribution in [3.05, 3.63) is 71.3 Å². The van der Waals surface area contributed by atoms with E-state index in [1.807, 2.05) is 30.3 Å². The van der Waals surface area contributed by atoms with E-state index in [1.165, 1.54) is 5.56 Å². The highest BCUT2D eigenvalue weighted by molar-refractivity contribution is 5.94. The van der Waals surface area contributed by atoms with Crippen LogP contribution in [0.15, 0.2) is 54.6 Å². The van der Waals surface area contributed by atoms with Crippen molar-refractivity contribution in [2.75, 3.05) is 13.1 Å². The molecule has 0 radical (unpaired) electrons. The number of nitrogens with one attached hydrogen (secondary N) is 2. The number of amides is 2. The van der Waals surface area contributed by atoms with Crippen LogP contribution in [0.5, 0.6) is 0 Å². The summed E-state index contributed by atoms with van der Waals surface area (Å²) in [6.07, 6.45) is 3.65. The summed E-state index contributed by atoms with van der Waals surface area (Å²) < 4.78 is 0. The molecule has 3 rings (SSSR count). The van der Waals surface area contributed by atoms with Crippen LogP contribution >= 0.6 is 0 Å². The number of benzene rings is 2. The Morgan fingerprint density at radius 2 is 1.69 bits per heavy atom. The van der Waals surface area contributed by atoms with E-state index in [0.29, 0.717) is 37.9 Å². The number of rotatable bonds is 13. The first-order valence-electron chi connectivity index (χ1n) is 12.1.